The molecule has 0 aliphatic heterocycles. The summed E-state index contributed by atoms with van der Waals surface area (Å²) >= 11 is 0. The molecule has 0 atom stereocenters. The van der Waals surface area contributed by atoms with E-state index in [1.807, 2.05) is 30.1 Å². The van der Waals surface area contributed by atoms with Crippen molar-refractivity contribution in [2.75, 3.05) is 6.54 Å². The van der Waals surface area contributed by atoms with Crippen LogP contribution >= 0.6 is 0 Å². The quantitative estimate of drug-likeness (QED) is 0.700. The molecule has 1 N–H and O–H groups in total. The molecule has 0 aliphatic carbocycles. The Hall–Kier alpha value is -2.96. The molecule has 0 unspecified atom stereocenters. The largest absolute Gasteiger partial charge is 0.352 e. The maximum Gasteiger partial charge on any atom is 0.252 e. The van der Waals surface area contributed by atoms with E-state index in [1.165, 1.54) is 0 Å². The third kappa shape index (κ3) is 3.82. The fraction of sp³-hybridized carbons (Fsp3) is 0.250. The van der Waals surface area contributed by atoms with Crippen LogP contribution in [0.2, 0.25) is 0 Å². The van der Waals surface area contributed by atoms with Crippen molar-refractivity contribution in [1.82, 2.24) is 29.6 Å². The fourth-order valence-corrected chi connectivity index (χ4v) is 2.24. The number of aromatic nitrogens is 5. The summed E-state index contributed by atoms with van der Waals surface area (Å²) in [6.45, 7) is 1.44. The van der Waals surface area contributed by atoms with Gasteiger partial charge in [-0.25, -0.2) is 4.98 Å². The second-order valence-electron chi connectivity index (χ2n) is 5.24. The zero-order valence-electron chi connectivity index (χ0n) is 12.9. The number of carbonyl (C=O) groups is 1. The van der Waals surface area contributed by atoms with E-state index < -0.39 is 0 Å². The van der Waals surface area contributed by atoms with E-state index in [2.05, 4.69) is 20.4 Å². The normalized spacial score (nSPS) is 10.7. The second-order valence-corrected chi connectivity index (χ2v) is 5.24. The van der Waals surface area contributed by atoms with Gasteiger partial charge in [-0.1, -0.05) is 0 Å². The standard InChI is InChI=1S/C16H18N6O/c1-21-11-14(10-20-21)15-4-3-13(9-19-15)16(23)18-5-2-7-22-8-6-17-12-22/h3-4,6,8-12H,2,5,7H2,1H3,(H,18,23). The van der Waals surface area contributed by atoms with E-state index >= 15 is 0 Å². The lowest BCUT2D eigenvalue weighted by atomic mass is 10.2. The summed E-state index contributed by atoms with van der Waals surface area (Å²) < 4.78 is 3.70. The van der Waals surface area contributed by atoms with E-state index in [0.717, 1.165) is 24.2 Å². The lowest BCUT2D eigenvalue weighted by Gasteiger charge is -2.06. The van der Waals surface area contributed by atoms with Crippen LogP contribution in [-0.2, 0) is 13.6 Å². The molecule has 0 radical (unpaired) electrons. The number of aryl methyl sites for hydroxylation is 2. The minimum Gasteiger partial charge on any atom is -0.352 e. The summed E-state index contributed by atoms with van der Waals surface area (Å²) in [5.41, 5.74) is 2.29. The SMILES string of the molecule is Cn1cc(-c2ccc(C(=O)NCCCn3ccnc3)cn2)cn1. The molecule has 118 valence electrons. The smallest absolute Gasteiger partial charge is 0.252 e. The first-order valence-corrected chi connectivity index (χ1v) is 7.41. The number of nitrogens with zero attached hydrogens (tertiary/aromatic N) is 5. The van der Waals surface area contributed by atoms with Crippen molar-refractivity contribution in [1.29, 1.82) is 0 Å². The molecule has 3 heterocycles. The summed E-state index contributed by atoms with van der Waals surface area (Å²) in [4.78, 5) is 20.4. The fourth-order valence-electron chi connectivity index (χ4n) is 2.24. The molecule has 0 aromatic carbocycles. The summed E-state index contributed by atoms with van der Waals surface area (Å²) in [5, 5.41) is 7.01. The maximum absolute atomic E-state index is 12.1. The van der Waals surface area contributed by atoms with Crippen molar-refractivity contribution in [3.05, 3.63) is 55.0 Å². The summed E-state index contributed by atoms with van der Waals surface area (Å²) in [5.74, 6) is -0.110. The Morgan fingerprint density at radius 3 is 2.87 bits per heavy atom. The number of carbonyl (C=O) groups excluding carboxylic acids is 1. The highest BCUT2D eigenvalue weighted by Gasteiger charge is 2.07. The van der Waals surface area contributed by atoms with Crippen LogP contribution in [0, 0.1) is 0 Å². The Kier molecular flexibility index (Phi) is 4.46. The molecular formula is C16H18N6O. The molecule has 0 bridgehead atoms. The summed E-state index contributed by atoms with van der Waals surface area (Å²) in [6.07, 6.45) is 11.5. The lowest BCUT2D eigenvalue weighted by molar-refractivity contribution is 0.0952. The topological polar surface area (TPSA) is 77.6 Å². The Morgan fingerprint density at radius 1 is 1.30 bits per heavy atom. The Bertz CT molecular complexity index is 760. The van der Waals surface area contributed by atoms with Gasteiger partial charge < -0.3 is 9.88 Å². The minimum atomic E-state index is -0.110. The molecule has 23 heavy (non-hydrogen) atoms. The number of pyridine rings is 1. The first kappa shape index (κ1) is 15.0. The van der Waals surface area contributed by atoms with Crippen LogP contribution in [0.3, 0.4) is 0 Å². The van der Waals surface area contributed by atoms with Gasteiger partial charge in [-0.2, -0.15) is 5.10 Å². The first-order chi connectivity index (χ1) is 11.2. The number of hydrogen-bond acceptors (Lipinski definition) is 4. The van der Waals surface area contributed by atoms with Crippen molar-refractivity contribution in [2.45, 2.75) is 13.0 Å². The highest BCUT2D eigenvalue weighted by Crippen LogP contribution is 2.15. The Balaban J connectivity index is 1.51. The van der Waals surface area contributed by atoms with Crippen LogP contribution in [0.15, 0.2) is 49.4 Å². The minimum absolute atomic E-state index is 0.110. The molecule has 0 aliphatic rings. The average molecular weight is 310 g/mol. The number of amides is 1. The van der Waals surface area contributed by atoms with Crippen LogP contribution in [0.1, 0.15) is 16.8 Å². The van der Waals surface area contributed by atoms with Crippen molar-refractivity contribution >= 4 is 5.91 Å². The molecule has 3 aromatic heterocycles. The van der Waals surface area contributed by atoms with E-state index in [4.69, 9.17) is 0 Å². The molecule has 3 aromatic rings. The van der Waals surface area contributed by atoms with Crippen LogP contribution in [0.5, 0.6) is 0 Å². The van der Waals surface area contributed by atoms with Crippen molar-refractivity contribution in [3.63, 3.8) is 0 Å². The molecular weight excluding hydrogens is 292 g/mol. The van der Waals surface area contributed by atoms with Crippen molar-refractivity contribution in [3.8, 4) is 11.3 Å². The number of nitrogens with one attached hydrogen (secondary N) is 1. The Morgan fingerprint density at radius 2 is 2.22 bits per heavy atom. The first-order valence-electron chi connectivity index (χ1n) is 7.41. The van der Waals surface area contributed by atoms with E-state index in [0.29, 0.717) is 12.1 Å². The lowest BCUT2D eigenvalue weighted by Crippen LogP contribution is -2.25. The third-order valence-corrected chi connectivity index (χ3v) is 3.46. The van der Waals surface area contributed by atoms with Gasteiger partial charge in [0.15, 0.2) is 0 Å². The predicted octanol–water partition coefficient (Wildman–Crippen LogP) is 1.50. The number of hydrogen-bond donors (Lipinski definition) is 1. The molecule has 1 amide bonds. The maximum atomic E-state index is 12.1. The van der Waals surface area contributed by atoms with E-state index in [-0.39, 0.29) is 5.91 Å². The molecule has 0 saturated heterocycles. The Labute approximate surface area is 134 Å². The van der Waals surface area contributed by atoms with Crippen LogP contribution < -0.4 is 5.32 Å². The zero-order chi connectivity index (χ0) is 16.1. The van der Waals surface area contributed by atoms with Gasteiger partial charge in [-0.15, -0.1) is 0 Å². The summed E-state index contributed by atoms with van der Waals surface area (Å²) in [6, 6.07) is 3.61. The van der Waals surface area contributed by atoms with Crippen LogP contribution in [0.4, 0.5) is 0 Å². The van der Waals surface area contributed by atoms with Gasteiger partial charge >= 0.3 is 0 Å². The van der Waals surface area contributed by atoms with Crippen molar-refractivity contribution < 1.29 is 4.79 Å². The number of rotatable bonds is 6. The molecule has 3 rings (SSSR count). The predicted molar refractivity (Wildman–Crippen MR) is 85.6 cm³/mol. The molecule has 7 heteroatoms. The molecule has 0 fully saturated rings. The second kappa shape index (κ2) is 6.87. The van der Waals surface area contributed by atoms with Gasteiger partial charge in [0.1, 0.15) is 0 Å². The molecule has 7 nitrogen and oxygen atoms in total. The van der Waals surface area contributed by atoms with Gasteiger partial charge in [0.25, 0.3) is 5.91 Å². The molecule has 0 spiro atoms. The monoisotopic (exact) mass is 310 g/mol. The molecule has 0 saturated carbocycles. The zero-order valence-corrected chi connectivity index (χ0v) is 12.9. The van der Waals surface area contributed by atoms with Gasteiger partial charge in [-0.3, -0.25) is 14.5 Å². The van der Waals surface area contributed by atoms with Gasteiger partial charge in [0, 0.05) is 50.5 Å². The number of imidazole rings is 1. The average Bonchev–Trinajstić information content (AvgIpc) is 3.23. The van der Waals surface area contributed by atoms with Crippen molar-refractivity contribution in [2.24, 2.45) is 7.05 Å². The third-order valence-electron chi connectivity index (χ3n) is 3.46. The van der Waals surface area contributed by atoms with Crippen LogP contribution in [0.25, 0.3) is 11.3 Å². The van der Waals surface area contributed by atoms with E-state index in [1.54, 1.807) is 35.7 Å². The van der Waals surface area contributed by atoms with Gasteiger partial charge in [-0.05, 0) is 18.6 Å². The van der Waals surface area contributed by atoms with Gasteiger partial charge in [0.2, 0.25) is 0 Å². The van der Waals surface area contributed by atoms with Gasteiger partial charge in [0.05, 0.1) is 23.8 Å². The highest BCUT2D eigenvalue weighted by atomic mass is 16.1. The van der Waals surface area contributed by atoms with E-state index in [9.17, 15) is 4.79 Å². The van der Waals surface area contributed by atoms with Crippen LogP contribution in [-0.4, -0.2) is 36.8 Å². The summed E-state index contributed by atoms with van der Waals surface area (Å²) in [7, 11) is 1.86. The highest BCUT2D eigenvalue weighted by molar-refractivity contribution is 5.94.